The Morgan fingerprint density at radius 3 is 3.05 bits per heavy atom. The molecule has 21 heavy (non-hydrogen) atoms. The van der Waals surface area contributed by atoms with E-state index in [1.165, 1.54) is 0 Å². The van der Waals surface area contributed by atoms with Gasteiger partial charge in [-0.15, -0.1) is 0 Å². The zero-order chi connectivity index (χ0) is 15.0. The lowest BCUT2D eigenvalue weighted by Crippen LogP contribution is -2.44. The van der Waals surface area contributed by atoms with Crippen LogP contribution in [0.3, 0.4) is 0 Å². The van der Waals surface area contributed by atoms with E-state index in [0.717, 1.165) is 37.9 Å². The van der Waals surface area contributed by atoms with Crippen molar-refractivity contribution in [1.82, 2.24) is 10.1 Å². The molecule has 1 aromatic heterocycles. The van der Waals surface area contributed by atoms with Gasteiger partial charge in [-0.1, -0.05) is 18.5 Å². The fourth-order valence-electron chi connectivity index (χ4n) is 4.03. The molecular weight excluding hydrogens is 268 g/mol. The van der Waals surface area contributed by atoms with Crippen molar-refractivity contribution < 1.29 is 14.4 Å². The zero-order valence-electron chi connectivity index (χ0n) is 12.8. The van der Waals surface area contributed by atoms with E-state index in [0.29, 0.717) is 18.2 Å². The van der Waals surface area contributed by atoms with Gasteiger partial charge >= 0.3 is 0 Å². The van der Waals surface area contributed by atoms with Gasteiger partial charge in [-0.05, 0) is 32.1 Å². The topological polar surface area (TPSA) is 66.6 Å². The number of aryl methyl sites for hydroxylation is 1. The first-order valence-electron chi connectivity index (χ1n) is 7.94. The number of carbonyl (C=O) groups excluding carboxylic acids is 1. The maximum Gasteiger partial charge on any atom is 0.230 e. The summed E-state index contributed by atoms with van der Waals surface area (Å²) < 4.78 is 5.13. The number of hydrogen-bond donors (Lipinski definition) is 1. The van der Waals surface area contributed by atoms with Gasteiger partial charge in [0.2, 0.25) is 5.91 Å². The fourth-order valence-corrected chi connectivity index (χ4v) is 4.03. The van der Waals surface area contributed by atoms with Gasteiger partial charge in [-0.3, -0.25) is 4.79 Å². The molecule has 3 atom stereocenters. The first kappa shape index (κ1) is 14.6. The molecule has 1 saturated heterocycles. The molecule has 1 aliphatic carbocycles. The van der Waals surface area contributed by atoms with Gasteiger partial charge < -0.3 is 14.5 Å². The largest absolute Gasteiger partial charge is 0.390 e. The van der Waals surface area contributed by atoms with Gasteiger partial charge in [0.25, 0.3) is 0 Å². The third kappa shape index (κ3) is 2.71. The molecule has 0 radical (unpaired) electrons. The zero-order valence-corrected chi connectivity index (χ0v) is 12.8. The number of carbonyl (C=O) groups is 1. The molecule has 1 aromatic rings. The summed E-state index contributed by atoms with van der Waals surface area (Å²) >= 11 is 0. The smallest absolute Gasteiger partial charge is 0.230 e. The number of nitrogens with zero attached hydrogens (tertiary/aromatic N) is 2. The molecule has 0 spiro atoms. The Bertz CT molecular complexity index is 527. The monoisotopic (exact) mass is 292 g/mol. The molecule has 1 saturated carbocycles. The van der Waals surface area contributed by atoms with Crippen LogP contribution in [0.4, 0.5) is 0 Å². The Labute approximate surface area is 125 Å². The average molecular weight is 292 g/mol. The molecule has 5 heteroatoms. The average Bonchev–Trinajstić information content (AvgIpc) is 3.06. The van der Waals surface area contributed by atoms with Crippen LogP contribution in [0.15, 0.2) is 10.6 Å². The number of fused-ring (bicyclic) bond motifs is 1. The maximum absolute atomic E-state index is 12.4. The summed E-state index contributed by atoms with van der Waals surface area (Å²) in [6.07, 6.45) is 4.10. The second kappa shape index (κ2) is 5.44. The summed E-state index contributed by atoms with van der Waals surface area (Å²) in [4.78, 5) is 14.3. The molecule has 2 aliphatic rings. The van der Waals surface area contributed by atoms with E-state index in [2.05, 4.69) is 5.16 Å². The van der Waals surface area contributed by atoms with E-state index in [1.807, 2.05) is 24.8 Å². The summed E-state index contributed by atoms with van der Waals surface area (Å²) in [7, 11) is 0. The fraction of sp³-hybridized carbons (Fsp3) is 0.750. The van der Waals surface area contributed by atoms with Gasteiger partial charge in [-0.2, -0.15) is 0 Å². The van der Waals surface area contributed by atoms with Crippen molar-refractivity contribution >= 4 is 5.91 Å². The van der Waals surface area contributed by atoms with Crippen molar-refractivity contribution in [3.63, 3.8) is 0 Å². The minimum atomic E-state index is -0.583. The Morgan fingerprint density at radius 1 is 1.57 bits per heavy atom. The van der Waals surface area contributed by atoms with Crippen molar-refractivity contribution in [1.29, 1.82) is 0 Å². The summed E-state index contributed by atoms with van der Waals surface area (Å²) in [5, 5.41) is 14.6. The highest BCUT2D eigenvalue weighted by atomic mass is 16.5. The summed E-state index contributed by atoms with van der Waals surface area (Å²) in [6, 6.07) is 1.81. The normalized spacial score (nSPS) is 32.2. The van der Waals surface area contributed by atoms with Crippen LogP contribution >= 0.6 is 0 Å². The molecule has 1 aliphatic heterocycles. The Balaban J connectivity index is 1.67. The molecule has 2 heterocycles. The third-order valence-electron chi connectivity index (χ3n) is 5.28. The predicted octanol–water partition coefficient (Wildman–Crippen LogP) is 1.93. The Morgan fingerprint density at radius 2 is 2.38 bits per heavy atom. The molecule has 0 bridgehead atoms. The number of amides is 1. The summed E-state index contributed by atoms with van der Waals surface area (Å²) in [5.41, 5.74) is 0.217. The van der Waals surface area contributed by atoms with Gasteiger partial charge in [0, 0.05) is 25.1 Å². The lowest BCUT2D eigenvalue weighted by molar-refractivity contribution is -0.130. The highest BCUT2D eigenvalue weighted by Gasteiger charge is 2.48. The van der Waals surface area contributed by atoms with E-state index < -0.39 is 5.60 Å². The van der Waals surface area contributed by atoms with Crippen LogP contribution in [0, 0.1) is 18.8 Å². The van der Waals surface area contributed by atoms with Crippen LogP contribution in [0.5, 0.6) is 0 Å². The second-order valence-corrected chi connectivity index (χ2v) is 6.63. The van der Waals surface area contributed by atoms with E-state index in [-0.39, 0.29) is 18.2 Å². The number of hydrogen-bond acceptors (Lipinski definition) is 4. The number of rotatable bonds is 3. The second-order valence-electron chi connectivity index (χ2n) is 6.63. The van der Waals surface area contributed by atoms with E-state index >= 15 is 0 Å². The Hall–Kier alpha value is -1.36. The molecule has 1 amide bonds. The predicted molar refractivity (Wildman–Crippen MR) is 77.6 cm³/mol. The molecule has 0 unspecified atom stereocenters. The molecule has 3 rings (SSSR count). The van der Waals surface area contributed by atoms with Crippen LogP contribution in [0.2, 0.25) is 0 Å². The van der Waals surface area contributed by atoms with Crippen molar-refractivity contribution in [2.24, 2.45) is 11.8 Å². The maximum atomic E-state index is 12.4. The lowest BCUT2D eigenvalue weighted by atomic mass is 9.69. The highest BCUT2D eigenvalue weighted by Crippen LogP contribution is 2.44. The number of aliphatic hydroxyl groups is 1. The van der Waals surface area contributed by atoms with Crippen LogP contribution in [0.25, 0.3) is 0 Å². The van der Waals surface area contributed by atoms with Crippen LogP contribution in [-0.2, 0) is 11.2 Å². The molecule has 0 aromatic carbocycles. The van der Waals surface area contributed by atoms with Gasteiger partial charge in [0.1, 0.15) is 5.76 Å². The quantitative estimate of drug-likeness (QED) is 0.924. The molecule has 116 valence electrons. The SMILES string of the molecule is CC[C@]1(O)CCC[C@H]2CN(C(=O)Cc3cc(C)no3)C[C@H]21. The van der Waals surface area contributed by atoms with Crippen LogP contribution < -0.4 is 0 Å². The number of likely N-dealkylation sites (tertiary alicyclic amines) is 1. The standard InChI is InChI=1S/C16H24N2O3/c1-3-16(20)6-4-5-12-9-18(10-14(12)16)15(19)8-13-7-11(2)17-21-13/h7,12,14,20H,3-6,8-10H2,1-2H3/t12-,14+,16-/m0/s1. The molecule has 2 fully saturated rings. The summed E-state index contributed by atoms with van der Waals surface area (Å²) in [5.74, 6) is 1.39. The van der Waals surface area contributed by atoms with E-state index in [1.54, 1.807) is 0 Å². The van der Waals surface area contributed by atoms with Crippen molar-refractivity contribution in [3.05, 3.63) is 17.5 Å². The molecule has 5 nitrogen and oxygen atoms in total. The number of aromatic nitrogens is 1. The Kier molecular flexibility index (Phi) is 3.78. The van der Waals surface area contributed by atoms with Gasteiger partial charge in [0.05, 0.1) is 17.7 Å². The minimum absolute atomic E-state index is 0.0824. The van der Waals surface area contributed by atoms with Crippen molar-refractivity contribution in [2.45, 2.75) is 51.6 Å². The highest BCUT2D eigenvalue weighted by molar-refractivity contribution is 5.78. The van der Waals surface area contributed by atoms with E-state index in [9.17, 15) is 9.90 Å². The lowest BCUT2D eigenvalue weighted by Gasteiger charge is -2.40. The van der Waals surface area contributed by atoms with E-state index in [4.69, 9.17) is 4.52 Å². The van der Waals surface area contributed by atoms with Crippen LogP contribution in [-0.4, -0.2) is 39.8 Å². The van der Waals surface area contributed by atoms with Crippen molar-refractivity contribution in [2.75, 3.05) is 13.1 Å². The molecule has 1 N–H and O–H groups in total. The third-order valence-corrected chi connectivity index (χ3v) is 5.28. The minimum Gasteiger partial charge on any atom is -0.390 e. The first-order chi connectivity index (χ1) is 10.0. The summed E-state index contributed by atoms with van der Waals surface area (Å²) in [6.45, 7) is 5.35. The van der Waals surface area contributed by atoms with Crippen molar-refractivity contribution in [3.8, 4) is 0 Å². The first-order valence-corrected chi connectivity index (χ1v) is 7.94. The van der Waals surface area contributed by atoms with Gasteiger partial charge in [0.15, 0.2) is 0 Å². The van der Waals surface area contributed by atoms with Crippen LogP contribution in [0.1, 0.15) is 44.1 Å². The van der Waals surface area contributed by atoms with Gasteiger partial charge in [-0.25, -0.2) is 0 Å². The molecular formula is C16H24N2O3.